The summed E-state index contributed by atoms with van der Waals surface area (Å²) in [6, 6.07) is 25.4. The lowest BCUT2D eigenvalue weighted by atomic mass is 10.1. The predicted octanol–water partition coefficient (Wildman–Crippen LogP) is 5.56. The van der Waals surface area contributed by atoms with Gasteiger partial charge in [0, 0.05) is 30.4 Å². The standard InChI is InChI=1S/C26H27ClN4OS/c1-19-10-12-20(13-11-19)24-18-30(23-16-14-22(27)15-17-23)26(31(24)32,21-8-6-5-7-9-21)28-25(33-4)29(2)3/h5-17H,18H2,1-4H3/b28-25+. The summed E-state index contributed by atoms with van der Waals surface area (Å²) in [6.45, 7) is 2.44. The van der Waals surface area contributed by atoms with Gasteiger partial charge >= 0.3 is 5.79 Å². The molecule has 0 saturated heterocycles. The van der Waals surface area contributed by atoms with Gasteiger partial charge < -0.3 is 10.1 Å². The van der Waals surface area contributed by atoms with Crippen LogP contribution in [-0.4, -0.2) is 47.4 Å². The number of hydroxylamine groups is 1. The fraction of sp³-hybridized carbons (Fsp3) is 0.231. The van der Waals surface area contributed by atoms with Crippen molar-refractivity contribution in [3.8, 4) is 0 Å². The highest BCUT2D eigenvalue weighted by Gasteiger charge is 2.55. The predicted molar refractivity (Wildman–Crippen MR) is 140 cm³/mol. The maximum absolute atomic E-state index is 14.3. The molecule has 5 nitrogen and oxygen atoms in total. The van der Waals surface area contributed by atoms with Crippen molar-refractivity contribution in [1.82, 2.24) is 4.90 Å². The van der Waals surface area contributed by atoms with E-state index in [0.717, 1.165) is 32.3 Å². The number of halogens is 1. The first kappa shape index (κ1) is 23.2. The quantitative estimate of drug-likeness (QED) is 0.213. The van der Waals surface area contributed by atoms with Gasteiger partial charge in [-0.1, -0.05) is 59.3 Å². The van der Waals surface area contributed by atoms with Crippen LogP contribution in [0.15, 0.2) is 83.9 Å². The molecule has 0 saturated carbocycles. The lowest BCUT2D eigenvalue weighted by molar-refractivity contribution is -0.547. The molecular weight excluding hydrogens is 452 g/mol. The summed E-state index contributed by atoms with van der Waals surface area (Å²) >= 11 is 7.70. The Morgan fingerprint density at radius 3 is 2.24 bits per heavy atom. The maximum Gasteiger partial charge on any atom is 0.379 e. The van der Waals surface area contributed by atoms with E-state index in [-0.39, 0.29) is 0 Å². The van der Waals surface area contributed by atoms with Gasteiger partial charge in [0.2, 0.25) is 5.71 Å². The second-order valence-corrected chi connectivity index (χ2v) is 9.37. The fourth-order valence-corrected chi connectivity index (χ4v) is 4.75. The van der Waals surface area contributed by atoms with Gasteiger partial charge in [-0.25, -0.2) is 0 Å². The number of amidine groups is 1. The van der Waals surface area contributed by atoms with Crippen LogP contribution < -0.4 is 4.90 Å². The van der Waals surface area contributed by atoms with Crippen molar-refractivity contribution in [2.75, 3.05) is 31.8 Å². The number of anilines is 1. The SMILES string of the molecule is CS/C(=N/C1(c2ccccc2)N(c2ccc(Cl)cc2)CC(c2ccc(C)cc2)=[N+]1[O-])N(C)C. The number of nitrogens with zero attached hydrogens (tertiary/aromatic N) is 4. The Balaban J connectivity index is 2.03. The number of hydrogen-bond acceptors (Lipinski definition) is 4. The van der Waals surface area contributed by atoms with Crippen molar-refractivity contribution >= 4 is 39.9 Å². The third-order valence-corrected chi connectivity index (χ3v) is 6.79. The normalized spacial score (nSPS) is 18.7. The van der Waals surface area contributed by atoms with Crippen LogP contribution >= 0.6 is 23.4 Å². The van der Waals surface area contributed by atoms with Crippen molar-refractivity contribution in [3.05, 3.63) is 106 Å². The molecule has 7 heteroatoms. The lowest BCUT2D eigenvalue weighted by Gasteiger charge is -2.34. The average Bonchev–Trinajstić information content (AvgIpc) is 3.12. The Bertz CT molecular complexity index is 1180. The number of hydrogen-bond donors (Lipinski definition) is 0. The van der Waals surface area contributed by atoms with Crippen LogP contribution in [0.4, 0.5) is 5.69 Å². The number of aliphatic imine (C=N–C) groups is 1. The zero-order valence-electron chi connectivity index (χ0n) is 19.2. The molecule has 3 aromatic carbocycles. The topological polar surface area (TPSA) is 44.9 Å². The molecule has 0 spiro atoms. The molecule has 0 aromatic heterocycles. The van der Waals surface area contributed by atoms with E-state index in [1.807, 2.05) is 111 Å². The molecule has 1 atom stereocenters. The molecule has 3 aromatic rings. The summed E-state index contributed by atoms with van der Waals surface area (Å²) < 4.78 is 1.07. The average molecular weight is 479 g/mol. The van der Waals surface area contributed by atoms with Gasteiger partial charge in [-0.3, -0.25) is 4.90 Å². The van der Waals surface area contributed by atoms with E-state index in [1.165, 1.54) is 11.8 Å². The van der Waals surface area contributed by atoms with Crippen LogP contribution in [0.5, 0.6) is 0 Å². The van der Waals surface area contributed by atoms with Crippen LogP contribution in [0.1, 0.15) is 16.7 Å². The molecule has 170 valence electrons. The molecule has 0 bridgehead atoms. The Labute approximate surface area is 204 Å². The van der Waals surface area contributed by atoms with Crippen LogP contribution in [-0.2, 0) is 5.79 Å². The van der Waals surface area contributed by atoms with Gasteiger partial charge in [-0.2, -0.15) is 9.73 Å². The first-order valence-electron chi connectivity index (χ1n) is 10.7. The molecular formula is C26H27ClN4OS. The summed E-state index contributed by atoms with van der Waals surface area (Å²) in [5.41, 5.74) is 4.36. The van der Waals surface area contributed by atoms with E-state index in [4.69, 9.17) is 16.6 Å². The molecule has 0 fully saturated rings. The van der Waals surface area contributed by atoms with Gasteiger partial charge in [0.1, 0.15) is 6.54 Å². The largest absolute Gasteiger partial charge is 0.620 e. The van der Waals surface area contributed by atoms with E-state index in [0.29, 0.717) is 17.3 Å². The molecule has 0 amide bonds. The highest BCUT2D eigenvalue weighted by Crippen LogP contribution is 2.41. The highest BCUT2D eigenvalue weighted by atomic mass is 35.5. The number of benzene rings is 3. The van der Waals surface area contributed by atoms with Crippen molar-refractivity contribution in [3.63, 3.8) is 0 Å². The third kappa shape index (κ3) is 4.33. The first-order chi connectivity index (χ1) is 15.9. The van der Waals surface area contributed by atoms with Crippen LogP contribution in [0.25, 0.3) is 0 Å². The molecule has 1 heterocycles. The van der Waals surface area contributed by atoms with Gasteiger partial charge in [0.25, 0.3) is 0 Å². The Morgan fingerprint density at radius 2 is 1.67 bits per heavy atom. The summed E-state index contributed by atoms with van der Waals surface area (Å²) in [6.07, 6.45) is 1.97. The minimum absolute atomic E-state index is 0.404. The molecule has 0 radical (unpaired) electrons. The minimum Gasteiger partial charge on any atom is -0.620 e. The van der Waals surface area contributed by atoms with E-state index < -0.39 is 5.79 Å². The zero-order chi connectivity index (χ0) is 23.6. The van der Waals surface area contributed by atoms with E-state index in [9.17, 15) is 5.21 Å². The maximum atomic E-state index is 14.3. The van der Waals surface area contributed by atoms with Crippen molar-refractivity contribution < 1.29 is 4.74 Å². The van der Waals surface area contributed by atoms with Crippen LogP contribution in [0, 0.1) is 12.1 Å². The van der Waals surface area contributed by atoms with E-state index in [1.54, 1.807) is 0 Å². The Kier molecular flexibility index (Phi) is 6.68. The summed E-state index contributed by atoms with van der Waals surface area (Å²) in [4.78, 5) is 9.13. The molecule has 1 aliphatic rings. The molecule has 4 rings (SSSR count). The molecule has 1 aliphatic heterocycles. The smallest absolute Gasteiger partial charge is 0.379 e. The minimum atomic E-state index is -1.31. The monoisotopic (exact) mass is 478 g/mol. The number of aryl methyl sites for hydroxylation is 1. The zero-order valence-corrected chi connectivity index (χ0v) is 20.8. The van der Waals surface area contributed by atoms with E-state index in [2.05, 4.69) is 4.90 Å². The van der Waals surface area contributed by atoms with Crippen molar-refractivity contribution in [1.29, 1.82) is 0 Å². The Morgan fingerprint density at radius 1 is 1.03 bits per heavy atom. The second kappa shape index (κ2) is 9.49. The summed E-state index contributed by atoms with van der Waals surface area (Å²) in [5.74, 6) is -1.31. The first-order valence-corrected chi connectivity index (χ1v) is 12.3. The van der Waals surface area contributed by atoms with Gasteiger partial charge in [0.05, 0.1) is 5.56 Å². The highest BCUT2D eigenvalue weighted by molar-refractivity contribution is 8.13. The number of rotatable bonds is 4. The summed E-state index contributed by atoms with van der Waals surface area (Å²) in [7, 11) is 3.88. The lowest BCUT2D eigenvalue weighted by Crippen LogP contribution is -2.48. The van der Waals surface area contributed by atoms with Crippen molar-refractivity contribution in [2.24, 2.45) is 4.99 Å². The molecule has 0 aliphatic carbocycles. The van der Waals surface area contributed by atoms with Crippen molar-refractivity contribution in [2.45, 2.75) is 12.7 Å². The van der Waals surface area contributed by atoms with Crippen LogP contribution in [0.2, 0.25) is 5.02 Å². The molecule has 33 heavy (non-hydrogen) atoms. The number of thioether (sulfide) groups is 1. The van der Waals surface area contributed by atoms with Crippen LogP contribution in [0.3, 0.4) is 0 Å². The van der Waals surface area contributed by atoms with E-state index >= 15 is 0 Å². The van der Waals surface area contributed by atoms with Gasteiger partial charge in [0.15, 0.2) is 5.17 Å². The third-order valence-electron chi connectivity index (χ3n) is 5.71. The second-order valence-electron chi connectivity index (χ2n) is 8.16. The van der Waals surface area contributed by atoms with Gasteiger partial charge in [-0.05, 0) is 61.7 Å². The van der Waals surface area contributed by atoms with Gasteiger partial charge in [-0.15, -0.1) is 0 Å². The Hall–Kier alpha value is -2.96. The molecule has 0 N–H and O–H groups in total. The fourth-order valence-electron chi connectivity index (χ4n) is 4.04. The summed E-state index contributed by atoms with van der Waals surface area (Å²) in [5, 5.41) is 15.7. The molecule has 1 unspecified atom stereocenters.